The number of hydrogen-bond acceptors (Lipinski definition) is 3. The molecule has 0 saturated carbocycles. The predicted molar refractivity (Wildman–Crippen MR) is 53.2 cm³/mol. The molecule has 0 radical (unpaired) electrons. The molecule has 0 aromatic rings. The standard InChI is InChI=1S/C10H19NO3/c12-8-7-11-6-4-2-1-3-5-9(11)10(13)14/h9,12H,1-8H2,(H,13,14). The zero-order chi connectivity index (χ0) is 10.4. The molecular formula is C10H19NO3. The quantitative estimate of drug-likeness (QED) is 0.705. The monoisotopic (exact) mass is 201 g/mol. The van der Waals surface area contributed by atoms with Crippen LogP contribution in [-0.2, 0) is 4.79 Å². The highest BCUT2D eigenvalue weighted by atomic mass is 16.4. The molecule has 1 rings (SSSR count). The van der Waals surface area contributed by atoms with Crippen molar-refractivity contribution in [1.29, 1.82) is 0 Å². The molecule has 1 fully saturated rings. The van der Waals surface area contributed by atoms with Crippen molar-refractivity contribution in [3.05, 3.63) is 0 Å². The average molecular weight is 201 g/mol. The van der Waals surface area contributed by atoms with E-state index in [9.17, 15) is 4.79 Å². The Morgan fingerprint density at radius 2 is 2.00 bits per heavy atom. The van der Waals surface area contributed by atoms with Crippen LogP contribution in [0.4, 0.5) is 0 Å². The lowest BCUT2D eigenvalue weighted by Crippen LogP contribution is -2.43. The second-order valence-electron chi connectivity index (χ2n) is 3.82. The van der Waals surface area contributed by atoms with Crippen molar-refractivity contribution in [2.24, 2.45) is 0 Å². The van der Waals surface area contributed by atoms with E-state index < -0.39 is 5.97 Å². The van der Waals surface area contributed by atoms with Crippen molar-refractivity contribution >= 4 is 5.97 Å². The molecule has 0 spiro atoms. The first kappa shape index (κ1) is 11.5. The number of aliphatic carboxylic acids is 1. The molecule has 1 aliphatic rings. The molecule has 1 unspecified atom stereocenters. The number of hydrogen-bond donors (Lipinski definition) is 2. The molecule has 1 heterocycles. The lowest BCUT2D eigenvalue weighted by Gasteiger charge is -2.29. The van der Waals surface area contributed by atoms with Gasteiger partial charge in [-0.2, -0.15) is 0 Å². The SMILES string of the molecule is O=C(O)C1CCCCCCN1CCO. The molecule has 0 amide bonds. The van der Waals surface area contributed by atoms with Crippen LogP contribution in [0.1, 0.15) is 32.1 Å². The summed E-state index contributed by atoms with van der Waals surface area (Å²) in [6.07, 6.45) is 5.06. The Balaban J connectivity index is 2.55. The van der Waals surface area contributed by atoms with Gasteiger partial charge < -0.3 is 10.2 Å². The van der Waals surface area contributed by atoms with E-state index in [1.54, 1.807) is 0 Å². The summed E-state index contributed by atoms with van der Waals surface area (Å²) in [5.74, 6) is -0.750. The Kier molecular flexibility index (Phi) is 4.90. The van der Waals surface area contributed by atoms with Gasteiger partial charge >= 0.3 is 5.97 Å². The zero-order valence-corrected chi connectivity index (χ0v) is 8.48. The average Bonchev–Trinajstić information content (AvgIpc) is 2.09. The number of carboxylic acid groups (broad SMARTS) is 1. The van der Waals surface area contributed by atoms with Gasteiger partial charge in [0.2, 0.25) is 0 Å². The first-order chi connectivity index (χ1) is 6.75. The van der Waals surface area contributed by atoms with E-state index in [0.29, 0.717) is 6.54 Å². The van der Waals surface area contributed by atoms with Crippen LogP contribution in [0.3, 0.4) is 0 Å². The van der Waals surface area contributed by atoms with Crippen molar-refractivity contribution in [3.8, 4) is 0 Å². The lowest BCUT2D eigenvalue weighted by atomic mass is 10.0. The number of likely N-dealkylation sites (tertiary alicyclic amines) is 1. The number of aliphatic hydroxyl groups is 1. The van der Waals surface area contributed by atoms with Crippen LogP contribution >= 0.6 is 0 Å². The summed E-state index contributed by atoms with van der Waals surface area (Å²) in [4.78, 5) is 12.9. The molecule has 14 heavy (non-hydrogen) atoms. The van der Waals surface area contributed by atoms with Crippen LogP contribution in [0.2, 0.25) is 0 Å². The van der Waals surface area contributed by atoms with Crippen LogP contribution in [0.5, 0.6) is 0 Å². The topological polar surface area (TPSA) is 60.8 Å². The second-order valence-corrected chi connectivity index (χ2v) is 3.82. The van der Waals surface area contributed by atoms with E-state index in [4.69, 9.17) is 10.2 Å². The van der Waals surface area contributed by atoms with Gasteiger partial charge in [0.25, 0.3) is 0 Å². The van der Waals surface area contributed by atoms with Gasteiger partial charge in [-0.15, -0.1) is 0 Å². The van der Waals surface area contributed by atoms with E-state index in [-0.39, 0.29) is 12.6 Å². The molecule has 0 aromatic carbocycles. The van der Waals surface area contributed by atoms with Crippen LogP contribution in [0, 0.1) is 0 Å². The number of nitrogens with zero attached hydrogens (tertiary/aromatic N) is 1. The number of carbonyl (C=O) groups is 1. The van der Waals surface area contributed by atoms with Crippen LogP contribution < -0.4 is 0 Å². The molecule has 0 aliphatic carbocycles. The van der Waals surface area contributed by atoms with Gasteiger partial charge in [0.1, 0.15) is 6.04 Å². The van der Waals surface area contributed by atoms with E-state index in [2.05, 4.69) is 0 Å². The molecule has 1 atom stereocenters. The van der Waals surface area contributed by atoms with Gasteiger partial charge in [-0.1, -0.05) is 19.3 Å². The third kappa shape index (κ3) is 3.27. The summed E-state index contributed by atoms with van der Waals surface area (Å²) < 4.78 is 0. The van der Waals surface area contributed by atoms with Crippen molar-refractivity contribution in [2.75, 3.05) is 19.7 Å². The van der Waals surface area contributed by atoms with Crippen molar-refractivity contribution in [2.45, 2.75) is 38.1 Å². The smallest absolute Gasteiger partial charge is 0.320 e. The minimum atomic E-state index is -0.750. The van der Waals surface area contributed by atoms with Crippen molar-refractivity contribution in [1.82, 2.24) is 4.90 Å². The normalized spacial score (nSPS) is 25.4. The first-order valence-corrected chi connectivity index (χ1v) is 5.33. The number of carboxylic acids is 1. The van der Waals surface area contributed by atoms with Gasteiger partial charge in [0.15, 0.2) is 0 Å². The maximum atomic E-state index is 11.0. The first-order valence-electron chi connectivity index (χ1n) is 5.33. The minimum Gasteiger partial charge on any atom is -0.480 e. The van der Waals surface area contributed by atoms with Crippen LogP contribution in [0.15, 0.2) is 0 Å². The second kappa shape index (κ2) is 5.98. The molecule has 4 heteroatoms. The lowest BCUT2D eigenvalue weighted by molar-refractivity contribution is -0.144. The van der Waals surface area contributed by atoms with Crippen molar-refractivity contribution < 1.29 is 15.0 Å². The van der Waals surface area contributed by atoms with E-state index in [0.717, 1.165) is 32.2 Å². The summed E-state index contributed by atoms with van der Waals surface area (Å²) >= 11 is 0. The van der Waals surface area contributed by atoms with Gasteiger partial charge in [-0.25, -0.2) is 0 Å². The molecule has 0 bridgehead atoms. The number of rotatable bonds is 3. The zero-order valence-electron chi connectivity index (χ0n) is 8.48. The number of β-amino-alcohol motifs (C(OH)–C–C–N with tert-alkyl or cyclic N) is 1. The summed E-state index contributed by atoms with van der Waals surface area (Å²) in [7, 11) is 0. The van der Waals surface area contributed by atoms with Crippen LogP contribution in [-0.4, -0.2) is 46.8 Å². The summed E-state index contributed by atoms with van der Waals surface area (Å²) in [5.41, 5.74) is 0. The Labute approximate surface area is 84.5 Å². The number of aliphatic hydroxyl groups excluding tert-OH is 1. The fourth-order valence-electron chi connectivity index (χ4n) is 2.02. The van der Waals surface area contributed by atoms with E-state index >= 15 is 0 Å². The highest BCUT2D eigenvalue weighted by molar-refractivity contribution is 5.73. The molecule has 4 nitrogen and oxygen atoms in total. The maximum absolute atomic E-state index is 11.0. The molecule has 0 aromatic heterocycles. The Morgan fingerprint density at radius 1 is 1.29 bits per heavy atom. The summed E-state index contributed by atoms with van der Waals surface area (Å²) in [6, 6.07) is -0.387. The predicted octanol–water partition coefficient (Wildman–Crippen LogP) is 0.698. The van der Waals surface area contributed by atoms with Gasteiger partial charge in [0.05, 0.1) is 6.61 Å². The largest absolute Gasteiger partial charge is 0.480 e. The molecule has 1 aliphatic heterocycles. The van der Waals surface area contributed by atoms with E-state index in [1.165, 1.54) is 6.42 Å². The third-order valence-electron chi connectivity index (χ3n) is 2.79. The van der Waals surface area contributed by atoms with Gasteiger partial charge in [-0.3, -0.25) is 9.69 Å². The highest BCUT2D eigenvalue weighted by Crippen LogP contribution is 2.16. The molecule has 1 saturated heterocycles. The fraction of sp³-hybridized carbons (Fsp3) is 0.900. The summed E-state index contributed by atoms with van der Waals surface area (Å²) in [5, 5.41) is 17.9. The maximum Gasteiger partial charge on any atom is 0.320 e. The Hall–Kier alpha value is -0.610. The Morgan fingerprint density at radius 3 is 2.64 bits per heavy atom. The minimum absolute atomic E-state index is 0.0454. The van der Waals surface area contributed by atoms with Gasteiger partial charge in [-0.05, 0) is 19.4 Å². The third-order valence-corrected chi connectivity index (χ3v) is 2.79. The molecule has 82 valence electrons. The summed E-state index contributed by atoms with van der Waals surface area (Å²) in [6.45, 7) is 1.33. The van der Waals surface area contributed by atoms with Gasteiger partial charge in [0, 0.05) is 6.54 Å². The highest BCUT2D eigenvalue weighted by Gasteiger charge is 2.25. The molecular weight excluding hydrogens is 182 g/mol. The van der Waals surface area contributed by atoms with Crippen molar-refractivity contribution in [3.63, 3.8) is 0 Å². The fourth-order valence-corrected chi connectivity index (χ4v) is 2.02. The Bertz CT molecular complexity index is 184. The van der Waals surface area contributed by atoms with E-state index in [1.807, 2.05) is 4.90 Å². The van der Waals surface area contributed by atoms with Crippen LogP contribution in [0.25, 0.3) is 0 Å². The molecule has 2 N–H and O–H groups in total.